The maximum absolute atomic E-state index is 3.60. The van der Waals surface area contributed by atoms with Crippen molar-refractivity contribution in [2.75, 3.05) is 13.1 Å². The van der Waals surface area contributed by atoms with E-state index in [-0.39, 0.29) is 0 Å². The zero-order valence-corrected chi connectivity index (χ0v) is 8.01. The third-order valence-corrected chi connectivity index (χ3v) is 1.36. The molecule has 0 unspecified atom stereocenters. The SMILES string of the molecule is C1CCNC1.CC.c1cn[nH]c1. The summed E-state index contributed by atoms with van der Waals surface area (Å²) in [5.74, 6) is 0. The number of aromatic amines is 1. The van der Waals surface area contributed by atoms with Crippen molar-refractivity contribution < 1.29 is 0 Å². The minimum atomic E-state index is 1.25. The number of nitrogens with one attached hydrogen (secondary N) is 2. The fourth-order valence-electron chi connectivity index (χ4n) is 0.840. The van der Waals surface area contributed by atoms with E-state index < -0.39 is 0 Å². The summed E-state index contributed by atoms with van der Waals surface area (Å²) in [7, 11) is 0. The van der Waals surface area contributed by atoms with Crippen molar-refractivity contribution in [2.45, 2.75) is 26.7 Å². The molecular weight excluding hydrogens is 150 g/mol. The molecule has 70 valence electrons. The molecule has 1 aliphatic rings. The summed E-state index contributed by atoms with van der Waals surface area (Å²) in [4.78, 5) is 0. The largest absolute Gasteiger partial charge is 0.317 e. The van der Waals surface area contributed by atoms with E-state index >= 15 is 0 Å². The van der Waals surface area contributed by atoms with Gasteiger partial charge in [0.15, 0.2) is 0 Å². The highest BCUT2D eigenvalue weighted by Crippen LogP contribution is 1.90. The van der Waals surface area contributed by atoms with Crippen LogP contribution in [0.3, 0.4) is 0 Å². The lowest BCUT2D eigenvalue weighted by Gasteiger charge is -1.76. The molecule has 0 saturated carbocycles. The average Bonchev–Trinajstić information content (AvgIpc) is 2.87. The predicted octanol–water partition coefficient (Wildman–Crippen LogP) is 1.81. The fourth-order valence-corrected chi connectivity index (χ4v) is 0.840. The standard InChI is InChI=1S/C4H9N.C3H4N2.C2H6/c2*1-2-4-5-3-1;1-2/h5H,1-4H2;1-3H,(H,4,5);1-2H3. The van der Waals surface area contributed by atoms with Gasteiger partial charge in [0.2, 0.25) is 0 Å². The molecule has 12 heavy (non-hydrogen) atoms. The van der Waals surface area contributed by atoms with Crippen LogP contribution < -0.4 is 5.32 Å². The Morgan fingerprint density at radius 1 is 1.17 bits per heavy atom. The highest BCUT2D eigenvalue weighted by molar-refractivity contribution is 4.72. The van der Waals surface area contributed by atoms with Crippen molar-refractivity contribution in [1.82, 2.24) is 15.5 Å². The van der Waals surface area contributed by atoms with E-state index in [4.69, 9.17) is 0 Å². The first kappa shape index (κ1) is 11.2. The van der Waals surface area contributed by atoms with Crippen molar-refractivity contribution in [3.63, 3.8) is 0 Å². The lowest BCUT2D eigenvalue weighted by molar-refractivity contribution is 0.857. The Hall–Kier alpha value is -0.830. The molecule has 0 spiro atoms. The van der Waals surface area contributed by atoms with E-state index in [1.54, 1.807) is 12.4 Å². The molecule has 2 N–H and O–H groups in total. The number of rotatable bonds is 0. The summed E-state index contributed by atoms with van der Waals surface area (Å²) in [6.45, 7) is 6.50. The van der Waals surface area contributed by atoms with Crippen LogP contribution in [0.5, 0.6) is 0 Å². The van der Waals surface area contributed by atoms with Crippen molar-refractivity contribution in [2.24, 2.45) is 0 Å². The first-order chi connectivity index (χ1) is 6.00. The Balaban J connectivity index is 0.000000168. The van der Waals surface area contributed by atoms with Gasteiger partial charge in [0.1, 0.15) is 0 Å². The predicted molar refractivity (Wildman–Crippen MR) is 52.0 cm³/mol. The summed E-state index contributed by atoms with van der Waals surface area (Å²) in [5, 5.41) is 9.43. The van der Waals surface area contributed by atoms with Crippen LogP contribution >= 0.6 is 0 Å². The summed E-state index contributed by atoms with van der Waals surface area (Å²) in [6, 6.07) is 1.83. The molecule has 0 aromatic carbocycles. The lowest BCUT2D eigenvalue weighted by Crippen LogP contribution is -2.03. The van der Waals surface area contributed by atoms with Crippen LogP contribution in [0, 0.1) is 0 Å². The molecule has 1 saturated heterocycles. The van der Waals surface area contributed by atoms with Gasteiger partial charge in [-0.05, 0) is 32.0 Å². The summed E-state index contributed by atoms with van der Waals surface area (Å²) in [5.41, 5.74) is 0. The number of aromatic nitrogens is 2. The van der Waals surface area contributed by atoms with Crippen LogP contribution in [-0.4, -0.2) is 23.3 Å². The molecule has 2 rings (SSSR count). The van der Waals surface area contributed by atoms with Gasteiger partial charge >= 0.3 is 0 Å². The highest BCUT2D eigenvalue weighted by Gasteiger charge is 1.93. The van der Waals surface area contributed by atoms with Crippen LogP contribution in [0.1, 0.15) is 26.7 Å². The molecule has 0 amide bonds. The van der Waals surface area contributed by atoms with Crippen molar-refractivity contribution >= 4 is 0 Å². The zero-order valence-electron chi connectivity index (χ0n) is 8.01. The van der Waals surface area contributed by atoms with E-state index in [2.05, 4.69) is 15.5 Å². The smallest absolute Gasteiger partial charge is 0.0487 e. The summed E-state index contributed by atoms with van der Waals surface area (Å²) in [6.07, 6.45) is 6.24. The molecular formula is C9H19N3. The Labute approximate surface area is 74.6 Å². The third kappa shape index (κ3) is 7.28. The van der Waals surface area contributed by atoms with E-state index in [0.29, 0.717) is 0 Å². The molecule has 3 nitrogen and oxygen atoms in total. The molecule has 1 aromatic rings. The molecule has 0 atom stereocenters. The number of hydrogen-bond acceptors (Lipinski definition) is 2. The minimum absolute atomic E-state index is 1.25. The average molecular weight is 169 g/mol. The molecule has 1 aliphatic heterocycles. The van der Waals surface area contributed by atoms with Gasteiger partial charge in [-0.2, -0.15) is 5.10 Å². The van der Waals surface area contributed by atoms with Gasteiger partial charge in [0, 0.05) is 12.4 Å². The quantitative estimate of drug-likeness (QED) is 0.622. The Morgan fingerprint density at radius 3 is 2.00 bits per heavy atom. The van der Waals surface area contributed by atoms with Crippen LogP contribution in [0.4, 0.5) is 0 Å². The first-order valence-corrected chi connectivity index (χ1v) is 4.64. The zero-order chi connectivity index (χ0) is 9.07. The molecule has 2 heterocycles. The van der Waals surface area contributed by atoms with Gasteiger partial charge in [-0.3, -0.25) is 5.10 Å². The molecule has 1 aromatic heterocycles. The first-order valence-electron chi connectivity index (χ1n) is 4.64. The molecule has 0 radical (unpaired) electrons. The van der Waals surface area contributed by atoms with Crippen LogP contribution in [0.2, 0.25) is 0 Å². The number of hydrogen-bond donors (Lipinski definition) is 2. The van der Waals surface area contributed by atoms with Gasteiger partial charge in [0.25, 0.3) is 0 Å². The second-order valence-corrected chi connectivity index (χ2v) is 2.22. The van der Waals surface area contributed by atoms with Gasteiger partial charge in [0.05, 0.1) is 0 Å². The molecule has 0 aliphatic carbocycles. The van der Waals surface area contributed by atoms with E-state index in [1.165, 1.54) is 25.9 Å². The van der Waals surface area contributed by atoms with E-state index in [9.17, 15) is 0 Å². The normalized spacial score (nSPS) is 13.8. The molecule has 3 heteroatoms. The van der Waals surface area contributed by atoms with Gasteiger partial charge in [-0.15, -0.1) is 0 Å². The molecule has 0 bridgehead atoms. The Bertz CT molecular complexity index is 109. The monoisotopic (exact) mass is 169 g/mol. The number of nitrogens with zero attached hydrogens (tertiary/aromatic N) is 1. The van der Waals surface area contributed by atoms with Crippen LogP contribution in [-0.2, 0) is 0 Å². The second-order valence-electron chi connectivity index (χ2n) is 2.22. The maximum atomic E-state index is 3.60. The maximum Gasteiger partial charge on any atom is 0.0487 e. The van der Waals surface area contributed by atoms with Crippen molar-refractivity contribution in [3.8, 4) is 0 Å². The topological polar surface area (TPSA) is 40.7 Å². The Morgan fingerprint density at radius 2 is 1.83 bits per heavy atom. The van der Waals surface area contributed by atoms with Crippen LogP contribution in [0.15, 0.2) is 18.5 Å². The minimum Gasteiger partial charge on any atom is -0.317 e. The third-order valence-electron chi connectivity index (χ3n) is 1.36. The fraction of sp³-hybridized carbons (Fsp3) is 0.667. The van der Waals surface area contributed by atoms with Gasteiger partial charge in [-0.1, -0.05) is 13.8 Å². The van der Waals surface area contributed by atoms with Crippen LogP contribution in [0.25, 0.3) is 0 Å². The van der Waals surface area contributed by atoms with Crippen molar-refractivity contribution in [3.05, 3.63) is 18.5 Å². The highest BCUT2D eigenvalue weighted by atomic mass is 15.1. The second kappa shape index (κ2) is 10.2. The Kier molecular flexibility index (Phi) is 9.47. The molecule has 1 fully saturated rings. The number of H-pyrrole nitrogens is 1. The summed E-state index contributed by atoms with van der Waals surface area (Å²) < 4.78 is 0. The van der Waals surface area contributed by atoms with Gasteiger partial charge < -0.3 is 5.32 Å². The lowest BCUT2D eigenvalue weighted by atomic mass is 10.4. The summed E-state index contributed by atoms with van der Waals surface area (Å²) >= 11 is 0. The van der Waals surface area contributed by atoms with Gasteiger partial charge in [-0.25, -0.2) is 0 Å². The van der Waals surface area contributed by atoms with Crippen molar-refractivity contribution in [1.29, 1.82) is 0 Å². The van der Waals surface area contributed by atoms with E-state index in [0.717, 1.165) is 0 Å². The van der Waals surface area contributed by atoms with E-state index in [1.807, 2.05) is 19.9 Å².